The van der Waals surface area contributed by atoms with Crippen LogP contribution in [0.1, 0.15) is 17.1 Å². The Hall–Kier alpha value is -3.42. The van der Waals surface area contributed by atoms with E-state index in [2.05, 4.69) is 10.2 Å². The molecule has 150 valence electrons. The van der Waals surface area contributed by atoms with Crippen LogP contribution in [-0.2, 0) is 29.6 Å². The van der Waals surface area contributed by atoms with E-state index in [-0.39, 0.29) is 24.9 Å². The SMILES string of the molecule is Cc1ccc(-c2nnc(CN3C(=O)CN(C)C(=O)[C@@H]3Cc3ccccc3)o2)n1C. The summed E-state index contributed by atoms with van der Waals surface area (Å²) in [6.07, 6.45) is 0.438. The van der Waals surface area contributed by atoms with Gasteiger partial charge in [-0.3, -0.25) is 9.59 Å². The Morgan fingerprint density at radius 1 is 1.07 bits per heavy atom. The Morgan fingerprint density at radius 3 is 2.52 bits per heavy atom. The van der Waals surface area contributed by atoms with Crippen LogP contribution in [0.3, 0.4) is 0 Å². The zero-order chi connectivity index (χ0) is 20.5. The maximum Gasteiger partial charge on any atom is 0.264 e. The van der Waals surface area contributed by atoms with E-state index in [4.69, 9.17) is 4.42 Å². The average molecular weight is 393 g/mol. The van der Waals surface area contributed by atoms with Crippen molar-refractivity contribution in [2.75, 3.05) is 13.6 Å². The molecule has 0 saturated carbocycles. The molecular formula is C21H23N5O3. The first-order chi connectivity index (χ1) is 13.9. The van der Waals surface area contributed by atoms with Crippen molar-refractivity contribution < 1.29 is 14.0 Å². The lowest BCUT2D eigenvalue weighted by atomic mass is 10.0. The molecule has 0 aliphatic carbocycles. The highest BCUT2D eigenvalue weighted by Crippen LogP contribution is 2.23. The number of piperazine rings is 1. The van der Waals surface area contributed by atoms with Crippen molar-refractivity contribution in [3.05, 3.63) is 59.6 Å². The van der Waals surface area contributed by atoms with E-state index >= 15 is 0 Å². The molecule has 1 aliphatic rings. The van der Waals surface area contributed by atoms with Crippen LogP contribution in [0.5, 0.6) is 0 Å². The third-order valence-corrected chi connectivity index (χ3v) is 5.37. The number of amides is 2. The fourth-order valence-corrected chi connectivity index (χ4v) is 3.56. The molecule has 0 radical (unpaired) electrons. The Balaban J connectivity index is 1.59. The van der Waals surface area contributed by atoms with E-state index in [1.54, 1.807) is 11.9 Å². The van der Waals surface area contributed by atoms with E-state index < -0.39 is 6.04 Å². The van der Waals surface area contributed by atoms with Gasteiger partial charge >= 0.3 is 0 Å². The van der Waals surface area contributed by atoms with Crippen LogP contribution in [0.15, 0.2) is 46.9 Å². The number of aromatic nitrogens is 3. The van der Waals surface area contributed by atoms with Crippen molar-refractivity contribution in [1.82, 2.24) is 24.6 Å². The van der Waals surface area contributed by atoms with E-state index in [0.29, 0.717) is 18.2 Å². The zero-order valence-corrected chi connectivity index (χ0v) is 16.7. The van der Waals surface area contributed by atoms with Crippen molar-refractivity contribution >= 4 is 11.8 Å². The van der Waals surface area contributed by atoms with Crippen molar-refractivity contribution in [3.63, 3.8) is 0 Å². The number of hydrogen-bond acceptors (Lipinski definition) is 5. The van der Waals surface area contributed by atoms with Gasteiger partial charge in [-0.25, -0.2) is 0 Å². The minimum absolute atomic E-state index is 0.0438. The summed E-state index contributed by atoms with van der Waals surface area (Å²) in [7, 11) is 3.57. The number of carbonyl (C=O) groups is 2. The molecule has 8 nitrogen and oxygen atoms in total. The minimum Gasteiger partial charge on any atom is -0.417 e. The molecule has 0 bridgehead atoms. The standard InChI is InChI=1S/C21H23N5O3/c1-14-9-10-16(25(14)3)20-23-22-18(29-20)12-26-17(11-15-7-5-4-6-8-15)21(28)24(2)13-19(26)27/h4-10,17H,11-13H2,1-3H3/t17-/m0/s1. The van der Waals surface area contributed by atoms with Gasteiger partial charge in [-0.1, -0.05) is 30.3 Å². The van der Waals surface area contributed by atoms with Gasteiger partial charge in [0.05, 0.1) is 13.1 Å². The van der Waals surface area contributed by atoms with Gasteiger partial charge in [0.25, 0.3) is 5.89 Å². The molecule has 0 unspecified atom stereocenters. The molecule has 1 fully saturated rings. The van der Waals surface area contributed by atoms with Gasteiger partial charge in [-0.05, 0) is 24.6 Å². The molecule has 8 heteroatoms. The van der Waals surface area contributed by atoms with Crippen LogP contribution in [0.25, 0.3) is 11.6 Å². The lowest BCUT2D eigenvalue weighted by Gasteiger charge is -2.38. The second-order valence-corrected chi connectivity index (χ2v) is 7.34. The predicted octanol–water partition coefficient (Wildman–Crippen LogP) is 1.80. The molecular weight excluding hydrogens is 370 g/mol. The molecule has 1 aromatic carbocycles. The molecule has 3 aromatic rings. The zero-order valence-electron chi connectivity index (χ0n) is 16.7. The second-order valence-electron chi connectivity index (χ2n) is 7.34. The first-order valence-corrected chi connectivity index (χ1v) is 9.47. The molecule has 0 N–H and O–H groups in total. The summed E-state index contributed by atoms with van der Waals surface area (Å²) in [5, 5.41) is 8.23. The first kappa shape index (κ1) is 18.9. The topological polar surface area (TPSA) is 84.5 Å². The number of carbonyl (C=O) groups excluding carboxylic acids is 2. The van der Waals surface area contributed by atoms with Crippen LogP contribution in [0.4, 0.5) is 0 Å². The maximum atomic E-state index is 12.8. The van der Waals surface area contributed by atoms with Crippen LogP contribution < -0.4 is 0 Å². The van der Waals surface area contributed by atoms with Crippen molar-refractivity contribution in [2.45, 2.75) is 25.9 Å². The Bertz CT molecular complexity index is 1040. The van der Waals surface area contributed by atoms with Gasteiger partial charge in [-0.2, -0.15) is 0 Å². The van der Waals surface area contributed by atoms with Gasteiger partial charge in [-0.15, -0.1) is 10.2 Å². The lowest BCUT2D eigenvalue weighted by molar-refractivity contribution is -0.155. The quantitative estimate of drug-likeness (QED) is 0.660. The average Bonchev–Trinajstić information content (AvgIpc) is 3.30. The number of aryl methyl sites for hydroxylation is 1. The molecule has 1 aliphatic heterocycles. The van der Waals surface area contributed by atoms with Crippen molar-refractivity contribution in [1.29, 1.82) is 0 Å². The van der Waals surface area contributed by atoms with Gasteiger partial charge < -0.3 is 18.8 Å². The van der Waals surface area contributed by atoms with Crippen LogP contribution in [0, 0.1) is 6.92 Å². The molecule has 1 atom stereocenters. The monoisotopic (exact) mass is 393 g/mol. The summed E-state index contributed by atoms with van der Waals surface area (Å²) in [5.41, 5.74) is 2.87. The second kappa shape index (κ2) is 7.54. The van der Waals surface area contributed by atoms with Gasteiger partial charge in [0, 0.05) is 26.2 Å². The smallest absolute Gasteiger partial charge is 0.264 e. The van der Waals surface area contributed by atoms with Crippen LogP contribution in [-0.4, -0.2) is 56.0 Å². The predicted molar refractivity (Wildman–Crippen MR) is 106 cm³/mol. The van der Waals surface area contributed by atoms with E-state index in [0.717, 1.165) is 17.0 Å². The first-order valence-electron chi connectivity index (χ1n) is 9.47. The Labute approximate surface area is 168 Å². The highest BCUT2D eigenvalue weighted by Gasteiger charge is 2.38. The van der Waals surface area contributed by atoms with Gasteiger partial charge in [0.15, 0.2) is 0 Å². The third kappa shape index (κ3) is 3.65. The van der Waals surface area contributed by atoms with E-state index in [1.807, 2.05) is 61.0 Å². The van der Waals surface area contributed by atoms with E-state index in [1.165, 1.54) is 4.90 Å². The summed E-state index contributed by atoms with van der Waals surface area (Å²) < 4.78 is 7.77. The van der Waals surface area contributed by atoms with E-state index in [9.17, 15) is 9.59 Å². The summed E-state index contributed by atoms with van der Waals surface area (Å²) in [6.45, 7) is 2.14. The van der Waals surface area contributed by atoms with Crippen molar-refractivity contribution in [2.24, 2.45) is 7.05 Å². The fraction of sp³-hybridized carbons (Fsp3) is 0.333. The summed E-state index contributed by atoms with van der Waals surface area (Å²) >= 11 is 0. The summed E-state index contributed by atoms with van der Waals surface area (Å²) in [4.78, 5) is 28.6. The fourth-order valence-electron chi connectivity index (χ4n) is 3.56. The summed E-state index contributed by atoms with van der Waals surface area (Å²) in [5.74, 6) is 0.472. The third-order valence-electron chi connectivity index (χ3n) is 5.37. The van der Waals surface area contributed by atoms with Gasteiger partial charge in [0.2, 0.25) is 17.7 Å². The minimum atomic E-state index is -0.601. The summed E-state index contributed by atoms with van der Waals surface area (Å²) in [6, 6.07) is 13.0. The highest BCUT2D eigenvalue weighted by atomic mass is 16.4. The van der Waals surface area contributed by atoms with Crippen molar-refractivity contribution in [3.8, 4) is 11.6 Å². The lowest BCUT2D eigenvalue weighted by Crippen LogP contribution is -2.59. The Kier molecular flexibility index (Phi) is 4.92. The number of hydrogen-bond donors (Lipinski definition) is 0. The van der Waals surface area contributed by atoms with Crippen LogP contribution in [0.2, 0.25) is 0 Å². The Morgan fingerprint density at radius 2 is 1.83 bits per heavy atom. The van der Waals surface area contributed by atoms with Crippen LogP contribution >= 0.6 is 0 Å². The van der Waals surface area contributed by atoms with Gasteiger partial charge in [0.1, 0.15) is 11.7 Å². The number of likely N-dealkylation sites (N-methyl/N-ethyl adjacent to an activating group) is 1. The normalized spacial score (nSPS) is 17.3. The number of rotatable bonds is 5. The highest BCUT2D eigenvalue weighted by molar-refractivity contribution is 5.94. The molecule has 4 rings (SSSR count). The molecule has 2 amide bonds. The number of benzene rings is 1. The molecule has 2 aromatic heterocycles. The molecule has 1 saturated heterocycles. The maximum absolute atomic E-state index is 12.8. The molecule has 3 heterocycles. The molecule has 0 spiro atoms. The molecule has 29 heavy (non-hydrogen) atoms. The largest absolute Gasteiger partial charge is 0.417 e. The number of nitrogens with zero attached hydrogens (tertiary/aromatic N) is 5.